The molecule has 0 bridgehead atoms. The lowest BCUT2D eigenvalue weighted by molar-refractivity contribution is -0.155. The topological polar surface area (TPSA) is 55.8 Å². The lowest BCUT2D eigenvalue weighted by Crippen LogP contribution is -2.69. The molecule has 1 saturated heterocycles. The molecule has 0 spiro atoms. The van der Waals surface area contributed by atoms with Crippen LogP contribution in [0, 0.1) is 0 Å². The van der Waals surface area contributed by atoms with E-state index in [1.165, 1.54) is 4.90 Å². The molecule has 5 nitrogen and oxygen atoms in total. The zero-order chi connectivity index (χ0) is 25.1. The van der Waals surface area contributed by atoms with Crippen molar-refractivity contribution in [2.75, 3.05) is 7.11 Å². The molecule has 0 aliphatic carbocycles. The Hall–Kier alpha value is -3.22. The van der Waals surface area contributed by atoms with Crippen molar-refractivity contribution in [2.45, 2.75) is 51.3 Å². The molecule has 1 aliphatic rings. The number of carbonyl (C=O) groups is 2. The van der Waals surface area contributed by atoms with Gasteiger partial charge in [0.1, 0.15) is 11.9 Å². The summed E-state index contributed by atoms with van der Waals surface area (Å²) < 4.78 is 12.3. The highest BCUT2D eigenvalue weighted by Gasteiger charge is 2.53. The highest BCUT2D eigenvalue weighted by Crippen LogP contribution is 2.38. The predicted octanol–water partition coefficient (Wildman–Crippen LogP) is 4.29. The third-order valence-electron chi connectivity index (χ3n) is 6.70. The maximum atomic E-state index is 13.7. The quantitative estimate of drug-likeness (QED) is 0.369. The van der Waals surface area contributed by atoms with Crippen LogP contribution in [0.3, 0.4) is 0 Å². The molecular weight excluding hydrogens is 454 g/mol. The number of hydrogen-bond acceptors (Lipinski definition) is 4. The Kier molecular flexibility index (Phi) is 7.24. The molecule has 3 aromatic rings. The van der Waals surface area contributed by atoms with Crippen LogP contribution >= 0.6 is 0 Å². The summed E-state index contributed by atoms with van der Waals surface area (Å²) in [5, 5.41) is 1.98. The van der Waals surface area contributed by atoms with E-state index < -0.39 is 14.4 Å². The molecular formula is C29H33NO4Si. The third kappa shape index (κ3) is 4.95. The van der Waals surface area contributed by atoms with Crippen LogP contribution in [0.4, 0.5) is 0 Å². The third-order valence-corrected chi connectivity index (χ3v) is 11.7. The fourth-order valence-corrected chi connectivity index (χ4v) is 9.56. The Morgan fingerprint density at radius 2 is 1.40 bits per heavy atom. The standard InChI is InChI=1S/C29H33NO4Si/c1-29(2,3)35(24-11-7-5-8-12-24,25-13-9-6-10-14-25)34-26-19-20-27(31)30(28(26)32)21-22-15-17-23(33-4)18-16-22/h5-18,26H,19-21H2,1-4H3/t26-/m0/s1. The van der Waals surface area contributed by atoms with Gasteiger partial charge in [-0.05, 0) is 39.5 Å². The highest BCUT2D eigenvalue weighted by molar-refractivity contribution is 6.99. The first kappa shape index (κ1) is 24.9. The normalized spacial score (nSPS) is 16.9. The Morgan fingerprint density at radius 3 is 1.89 bits per heavy atom. The first-order chi connectivity index (χ1) is 16.8. The van der Waals surface area contributed by atoms with Crippen molar-refractivity contribution in [1.29, 1.82) is 0 Å². The smallest absolute Gasteiger partial charge is 0.262 e. The Bertz CT molecular complexity index is 1120. The number of hydrogen-bond donors (Lipinski definition) is 0. The van der Waals surface area contributed by atoms with Gasteiger partial charge in [0.2, 0.25) is 5.91 Å². The van der Waals surface area contributed by atoms with Crippen LogP contribution < -0.4 is 15.1 Å². The minimum atomic E-state index is -2.91. The van der Waals surface area contributed by atoms with Gasteiger partial charge in [-0.15, -0.1) is 0 Å². The molecule has 182 valence electrons. The number of methoxy groups -OCH3 is 1. The highest BCUT2D eigenvalue weighted by atomic mass is 28.4. The van der Waals surface area contributed by atoms with Gasteiger partial charge in [0, 0.05) is 6.42 Å². The predicted molar refractivity (Wildman–Crippen MR) is 140 cm³/mol. The number of nitrogens with zero attached hydrogens (tertiary/aromatic N) is 1. The van der Waals surface area contributed by atoms with Crippen LogP contribution in [0.5, 0.6) is 5.75 Å². The van der Waals surface area contributed by atoms with Crippen LogP contribution in [0.25, 0.3) is 0 Å². The molecule has 1 fully saturated rings. The summed E-state index contributed by atoms with van der Waals surface area (Å²) >= 11 is 0. The van der Waals surface area contributed by atoms with Gasteiger partial charge in [-0.2, -0.15) is 0 Å². The molecule has 0 aromatic heterocycles. The largest absolute Gasteiger partial charge is 0.497 e. The van der Waals surface area contributed by atoms with E-state index in [-0.39, 0.29) is 29.8 Å². The van der Waals surface area contributed by atoms with Crippen LogP contribution in [-0.4, -0.2) is 38.2 Å². The number of likely N-dealkylation sites (tertiary alicyclic amines) is 1. The molecule has 1 aliphatic heterocycles. The fraction of sp³-hybridized carbons (Fsp3) is 0.310. The average Bonchev–Trinajstić information content (AvgIpc) is 2.87. The number of imide groups is 1. The van der Waals surface area contributed by atoms with Crippen molar-refractivity contribution in [3.8, 4) is 5.75 Å². The molecule has 2 amide bonds. The van der Waals surface area contributed by atoms with Crippen molar-refractivity contribution in [2.24, 2.45) is 0 Å². The zero-order valence-electron chi connectivity index (χ0n) is 20.9. The molecule has 1 atom stereocenters. The number of carbonyl (C=O) groups excluding carboxylic acids is 2. The molecule has 3 aromatic carbocycles. The summed E-state index contributed by atoms with van der Waals surface area (Å²) in [6, 6.07) is 28.0. The number of amides is 2. The average molecular weight is 488 g/mol. The SMILES string of the molecule is COc1ccc(CN2C(=O)CC[C@H](O[Si](c3ccccc3)(c3ccccc3)C(C)(C)C)C2=O)cc1. The van der Waals surface area contributed by atoms with Gasteiger partial charge >= 0.3 is 0 Å². The minimum absolute atomic E-state index is 0.159. The summed E-state index contributed by atoms with van der Waals surface area (Å²) in [4.78, 5) is 27.9. The lowest BCUT2D eigenvalue weighted by atomic mass is 10.1. The first-order valence-corrected chi connectivity index (χ1v) is 13.9. The van der Waals surface area contributed by atoms with Gasteiger partial charge in [0.05, 0.1) is 13.7 Å². The molecule has 35 heavy (non-hydrogen) atoms. The minimum Gasteiger partial charge on any atom is -0.497 e. The molecule has 6 heteroatoms. The summed E-state index contributed by atoms with van der Waals surface area (Å²) in [6.45, 7) is 6.79. The van der Waals surface area contributed by atoms with Crippen LogP contribution in [0.2, 0.25) is 5.04 Å². The monoisotopic (exact) mass is 487 g/mol. The second-order valence-corrected chi connectivity index (χ2v) is 14.2. The second-order valence-electron chi connectivity index (χ2n) is 9.97. The second kappa shape index (κ2) is 10.2. The summed E-state index contributed by atoms with van der Waals surface area (Å²) in [5.74, 6) is 0.316. The van der Waals surface area contributed by atoms with Crippen molar-refractivity contribution in [1.82, 2.24) is 4.90 Å². The van der Waals surface area contributed by atoms with E-state index in [2.05, 4.69) is 45.0 Å². The number of piperidine rings is 1. The lowest BCUT2D eigenvalue weighted by Gasteiger charge is -2.46. The summed E-state index contributed by atoms with van der Waals surface area (Å²) in [7, 11) is -1.30. The van der Waals surface area contributed by atoms with Gasteiger partial charge in [-0.25, -0.2) is 0 Å². The molecule has 4 rings (SSSR count). The van der Waals surface area contributed by atoms with Gasteiger partial charge in [0.15, 0.2) is 0 Å². The van der Waals surface area contributed by atoms with Crippen molar-refractivity contribution in [3.05, 3.63) is 90.5 Å². The van der Waals surface area contributed by atoms with E-state index in [4.69, 9.17) is 9.16 Å². The molecule has 0 N–H and O–H groups in total. The van der Waals surface area contributed by atoms with E-state index in [0.717, 1.165) is 21.7 Å². The maximum Gasteiger partial charge on any atom is 0.262 e. The molecule has 0 radical (unpaired) electrons. The summed E-state index contributed by atoms with van der Waals surface area (Å²) in [6.07, 6.45) is -0.0104. The Labute approximate surface area is 208 Å². The van der Waals surface area contributed by atoms with Crippen LogP contribution in [0.1, 0.15) is 39.2 Å². The van der Waals surface area contributed by atoms with E-state index in [0.29, 0.717) is 6.42 Å². The zero-order valence-corrected chi connectivity index (χ0v) is 21.9. The Morgan fingerprint density at radius 1 is 0.857 bits per heavy atom. The maximum absolute atomic E-state index is 13.7. The van der Waals surface area contributed by atoms with Crippen LogP contribution in [-0.2, 0) is 20.6 Å². The van der Waals surface area contributed by atoms with Gasteiger partial charge < -0.3 is 9.16 Å². The van der Waals surface area contributed by atoms with Gasteiger partial charge in [0.25, 0.3) is 14.2 Å². The van der Waals surface area contributed by atoms with Gasteiger partial charge in [-0.3, -0.25) is 14.5 Å². The van der Waals surface area contributed by atoms with E-state index in [1.807, 2.05) is 60.7 Å². The van der Waals surface area contributed by atoms with E-state index in [1.54, 1.807) is 7.11 Å². The van der Waals surface area contributed by atoms with Crippen molar-refractivity contribution >= 4 is 30.5 Å². The van der Waals surface area contributed by atoms with Crippen molar-refractivity contribution < 1.29 is 18.8 Å². The fourth-order valence-electron chi connectivity index (χ4n) is 4.90. The van der Waals surface area contributed by atoms with Crippen molar-refractivity contribution in [3.63, 3.8) is 0 Å². The number of benzene rings is 3. The van der Waals surface area contributed by atoms with E-state index in [9.17, 15) is 9.59 Å². The molecule has 1 heterocycles. The molecule has 0 saturated carbocycles. The Balaban J connectivity index is 1.71. The number of rotatable bonds is 7. The number of ether oxygens (including phenoxy) is 1. The van der Waals surface area contributed by atoms with Gasteiger partial charge in [-0.1, -0.05) is 93.6 Å². The molecule has 0 unspecified atom stereocenters. The first-order valence-electron chi connectivity index (χ1n) is 12.0. The van der Waals surface area contributed by atoms with E-state index >= 15 is 0 Å². The summed E-state index contributed by atoms with van der Waals surface area (Å²) in [5.41, 5.74) is 0.874. The van der Waals surface area contributed by atoms with Crippen LogP contribution in [0.15, 0.2) is 84.9 Å².